The number of rotatable bonds is 9. The van der Waals surface area contributed by atoms with E-state index in [1.807, 2.05) is 12.1 Å². The Morgan fingerprint density at radius 2 is 2.10 bits per heavy atom. The highest BCUT2D eigenvalue weighted by atomic mass is 16.5. The fraction of sp³-hybridized carbons (Fsp3) is 0.588. The number of nitrogens with one attached hydrogen (secondary N) is 2. The molecule has 2 N–H and O–H groups in total. The molecule has 0 radical (unpaired) electrons. The quantitative estimate of drug-likeness (QED) is 0.688. The van der Waals surface area contributed by atoms with Crippen molar-refractivity contribution < 1.29 is 9.53 Å². The average molecular weight is 292 g/mol. The third kappa shape index (κ3) is 6.17. The van der Waals surface area contributed by atoms with Gasteiger partial charge >= 0.3 is 0 Å². The number of aryl methyl sites for hydroxylation is 1. The molecule has 21 heavy (non-hydrogen) atoms. The molecule has 0 heterocycles. The Morgan fingerprint density at radius 3 is 2.76 bits per heavy atom. The fourth-order valence-electron chi connectivity index (χ4n) is 2.15. The first-order valence-electron chi connectivity index (χ1n) is 7.81. The number of benzene rings is 1. The molecule has 0 aromatic heterocycles. The molecular weight excluding hydrogens is 264 g/mol. The van der Waals surface area contributed by atoms with E-state index in [1.54, 1.807) is 0 Å². The highest BCUT2D eigenvalue weighted by Gasteiger charge is 2.12. The molecular formula is C17H28N2O2. The molecule has 4 heteroatoms. The summed E-state index contributed by atoms with van der Waals surface area (Å²) < 4.78 is 5.70. The average Bonchev–Trinajstić information content (AvgIpc) is 2.46. The molecule has 4 nitrogen and oxygen atoms in total. The van der Waals surface area contributed by atoms with Gasteiger partial charge in [-0.15, -0.1) is 0 Å². The summed E-state index contributed by atoms with van der Waals surface area (Å²) >= 11 is 0. The summed E-state index contributed by atoms with van der Waals surface area (Å²) in [6.07, 6.45) is 2.07. The van der Waals surface area contributed by atoms with E-state index in [1.165, 1.54) is 5.56 Å². The van der Waals surface area contributed by atoms with Crippen LogP contribution in [0.25, 0.3) is 0 Å². The van der Waals surface area contributed by atoms with Crippen LogP contribution in [0.2, 0.25) is 0 Å². The third-order valence-corrected chi connectivity index (χ3v) is 3.35. The maximum absolute atomic E-state index is 11.7. The van der Waals surface area contributed by atoms with E-state index < -0.39 is 0 Å². The Kier molecular flexibility index (Phi) is 7.83. The summed E-state index contributed by atoms with van der Waals surface area (Å²) in [5, 5.41) is 6.24. The lowest BCUT2D eigenvalue weighted by Crippen LogP contribution is -2.30. The lowest BCUT2D eigenvalue weighted by atomic mass is 10.0. The Hall–Kier alpha value is -1.55. The Bertz CT molecular complexity index is 446. The molecule has 0 aliphatic carbocycles. The number of hydrogen-bond donors (Lipinski definition) is 2. The van der Waals surface area contributed by atoms with E-state index in [9.17, 15) is 4.79 Å². The molecule has 0 aliphatic rings. The van der Waals surface area contributed by atoms with Crippen LogP contribution in [0.5, 0.6) is 5.75 Å². The van der Waals surface area contributed by atoms with Gasteiger partial charge < -0.3 is 15.4 Å². The largest absolute Gasteiger partial charge is 0.483 e. The zero-order chi connectivity index (χ0) is 15.7. The Labute approximate surface area is 128 Å². The van der Waals surface area contributed by atoms with Crippen LogP contribution >= 0.6 is 0 Å². The summed E-state index contributed by atoms with van der Waals surface area (Å²) in [5.41, 5.74) is 2.28. The number of ether oxygens (including phenoxy) is 1. The first-order chi connectivity index (χ1) is 10.1. The van der Waals surface area contributed by atoms with Crippen molar-refractivity contribution in [2.75, 3.05) is 19.7 Å². The van der Waals surface area contributed by atoms with Crippen LogP contribution in [0.3, 0.4) is 0 Å². The molecule has 1 rings (SSSR count). The van der Waals surface area contributed by atoms with Gasteiger partial charge in [0, 0.05) is 18.2 Å². The van der Waals surface area contributed by atoms with E-state index in [4.69, 9.17) is 4.74 Å². The molecule has 0 spiro atoms. The maximum Gasteiger partial charge on any atom is 0.257 e. The van der Waals surface area contributed by atoms with Crippen molar-refractivity contribution in [2.45, 2.75) is 46.6 Å². The van der Waals surface area contributed by atoms with Crippen molar-refractivity contribution in [3.05, 3.63) is 29.3 Å². The second kappa shape index (κ2) is 9.40. The first kappa shape index (κ1) is 17.5. The minimum absolute atomic E-state index is 0.0638. The fourth-order valence-corrected chi connectivity index (χ4v) is 2.15. The molecule has 1 unspecified atom stereocenters. The van der Waals surface area contributed by atoms with Crippen molar-refractivity contribution >= 4 is 5.91 Å². The second-order valence-electron chi connectivity index (χ2n) is 5.31. The van der Waals surface area contributed by atoms with Crippen molar-refractivity contribution in [1.82, 2.24) is 10.6 Å². The summed E-state index contributed by atoms with van der Waals surface area (Å²) in [6, 6.07) is 6.26. The minimum Gasteiger partial charge on any atom is -0.483 e. The van der Waals surface area contributed by atoms with Gasteiger partial charge in [0.05, 0.1) is 0 Å². The molecule has 0 fully saturated rings. The second-order valence-corrected chi connectivity index (χ2v) is 5.31. The van der Waals surface area contributed by atoms with E-state index >= 15 is 0 Å². The highest BCUT2D eigenvalue weighted by Crippen LogP contribution is 2.26. The van der Waals surface area contributed by atoms with Gasteiger partial charge in [-0.05, 0) is 32.9 Å². The lowest BCUT2D eigenvalue weighted by Gasteiger charge is -2.18. The van der Waals surface area contributed by atoms with Crippen LogP contribution in [0.4, 0.5) is 0 Å². The zero-order valence-corrected chi connectivity index (χ0v) is 13.7. The molecule has 0 aliphatic heterocycles. The summed E-state index contributed by atoms with van der Waals surface area (Å²) in [5.74, 6) is 0.714. The smallest absolute Gasteiger partial charge is 0.257 e. The van der Waals surface area contributed by atoms with Crippen LogP contribution in [0.1, 0.15) is 50.8 Å². The molecule has 0 saturated heterocycles. The number of amides is 1. The zero-order valence-electron chi connectivity index (χ0n) is 13.7. The van der Waals surface area contributed by atoms with Gasteiger partial charge in [0.15, 0.2) is 6.61 Å². The summed E-state index contributed by atoms with van der Waals surface area (Å²) in [7, 11) is 0. The molecule has 1 aromatic carbocycles. The molecule has 1 aromatic rings. The predicted molar refractivity (Wildman–Crippen MR) is 86.7 cm³/mol. The maximum atomic E-state index is 11.7. The van der Waals surface area contributed by atoms with Crippen LogP contribution in [-0.4, -0.2) is 25.6 Å². The van der Waals surface area contributed by atoms with Crippen LogP contribution < -0.4 is 15.4 Å². The molecule has 0 bridgehead atoms. The van der Waals surface area contributed by atoms with Gasteiger partial charge in [0.2, 0.25) is 0 Å². The Balaban J connectivity index is 2.63. The first-order valence-corrected chi connectivity index (χ1v) is 7.81. The molecule has 0 saturated carbocycles. The van der Waals surface area contributed by atoms with Gasteiger partial charge in [-0.25, -0.2) is 0 Å². The number of unbranched alkanes of at least 4 members (excludes halogenated alkanes) is 1. The summed E-state index contributed by atoms with van der Waals surface area (Å²) in [6.45, 7) is 10.0. The third-order valence-electron chi connectivity index (χ3n) is 3.35. The molecule has 1 amide bonds. The van der Waals surface area contributed by atoms with Crippen LogP contribution in [0, 0.1) is 6.92 Å². The highest BCUT2D eigenvalue weighted by molar-refractivity contribution is 5.77. The van der Waals surface area contributed by atoms with Crippen LogP contribution in [-0.2, 0) is 4.79 Å². The van der Waals surface area contributed by atoms with Crippen molar-refractivity contribution in [1.29, 1.82) is 0 Å². The van der Waals surface area contributed by atoms with Crippen molar-refractivity contribution in [2.24, 2.45) is 0 Å². The monoisotopic (exact) mass is 292 g/mol. The topological polar surface area (TPSA) is 50.4 Å². The van der Waals surface area contributed by atoms with Crippen LogP contribution in [0.15, 0.2) is 18.2 Å². The predicted octanol–water partition coefficient (Wildman–Crippen LogP) is 2.96. The molecule has 118 valence electrons. The van der Waals surface area contributed by atoms with E-state index in [0.29, 0.717) is 6.54 Å². The van der Waals surface area contributed by atoms with Gasteiger partial charge in [-0.1, -0.05) is 38.0 Å². The van der Waals surface area contributed by atoms with Crippen molar-refractivity contribution in [3.63, 3.8) is 0 Å². The number of hydrogen-bond acceptors (Lipinski definition) is 3. The minimum atomic E-state index is -0.0638. The van der Waals surface area contributed by atoms with E-state index in [0.717, 1.165) is 30.7 Å². The lowest BCUT2D eigenvalue weighted by molar-refractivity contribution is -0.123. The van der Waals surface area contributed by atoms with Gasteiger partial charge in [0.1, 0.15) is 5.75 Å². The normalized spacial score (nSPS) is 12.0. The van der Waals surface area contributed by atoms with Gasteiger partial charge in [0.25, 0.3) is 5.91 Å². The molecule has 1 atom stereocenters. The van der Waals surface area contributed by atoms with E-state index in [2.05, 4.69) is 44.4 Å². The Morgan fingerprint density at radius 1 is 1.33 bits per heavy atom. The van der Waals surface area contributed by atoms with E-state index in [-0.39, 0.29) is 18.6 Å². The van der Waals surface area contributed by atoms with Gasteiger partial charge in [-0.3, -0.25) is 4.79 Å². The standard InChI is InChI=1S/C17H28N2O2/c1-5-7-10-19-17(20)12-21-16-9-8-13(3)11-15(16)14(4)18-6-2/h8-9,11,14,18H,5-7,10,12H2,1-4H3,(H,19,20). The number of carbonyl (C=O) groups excluding carboxylic acids is 1. The van der Waals surface area contributed by atoms with Crippen molar-refractivity contribution in [3.8, 4) is 5.75 Å². The SMILES string of the molecule is CCCCNC(=O)COc1ccc(C)cc1C(C)NCC. The number of carbonyl (C=O) groups is 1. The summed E-state index contributed by atoms with van der Waals surface area (Å²) in [4.78, 5) is 11.7. The van der Waals surface area contributed by atoms with Gasteiger partial charge in [-0.2, -0.15) is 0 Å².